The third-order valence-corrected chi connectivity index (χ3v) is 4.22. The van der Waals surface area contributed by atoms with Gasteiger partial charge in [-0.3, -0.25) is 9.78 Å². The summed E-state index contributed by atoms with van der Waals surface area (Å²) in [6.07, 6.45) is -13.5. The van der Waals surface area contributed by atoms with Crippen LogP contribution in [0.5, 0.6) is 0 Å². The van der Waals surface area contributed by atoms with Crippen molar-refractivity contribution in [1.82, 2.24) is 9.88 Å². The number of nitrogens with zero attached hydrogens (tertiary/aromatic N) is 2. The van der Waals surface area contributed by atoms with Gasteiger partial charge in [-0.2, -0.15) is 0 Å². The summed E-state index contributed by atoms with van der Waals surface area (Å²) >= 11 is 5.66. The lowest BCUT2D eigenvalue weighted by Gasteiger charge is -2.36. The fraction of sp³-hybridized carbons (Fsp3) is 0.455. The second-order valence-electron chi connectivity index (χ2n) is 5.90. The smallest absolute Gasteiger partial charge is 0.253 e. The molecule has 0 N–H and O–H groups in total. The van der Waals surface area contributed by atoms with Crippen LogP contribution in [-0.4, -0.2) is 34.5 Å². The van der Waals surface area contributed by atoms with Crippen molar-refractivity contribution in [2.24, 2.45) is 0 Å². The molecule has 1 fully saturated rings. The molecule has 0 unspecified atom stereocenters. The van der Waals surface area contributed by atoms with E-state index in [-0.39, 0.29) is 11.3 Å². The number of aryl methyl sites for hydroxylation is 2. The molecule has 2 heterocycles. The lowest BCUT2D eigenvalue weighted by Crippen LogP contribution is -2.44. The SMILES string of the molecule is [2H]C([2H])(C)c1ccc(C([2H])([2H])CCC2(F)C([2H])([2H])C([2H])([2H])N(C(=O)c3ccc(F)c(Cl)c3)C([2H])([2H])C2([2H])[2H])nc1. The van der Waals surface area contributed by atoms with Gasteiger partial charge in [-0.15, -0.1) is 0 Å². The molecule has 1 aliphatic rings. The highest BCUT2D eigenvalue weighted by Crippen LogP contribution is 2.32. The van der Waals surface area contributed by atoms with Crippen LogP contribution in [0.25, 0.3) is 0 Å². The first-order chi connectivity index (χ1) is 17.9. The number of benzene rings is 1. The lowest BCUT2D eigenvalue weighted by molar-refractivity contribution is 0.0389. The summed E-state index contributed by atoms with van der Waals surface area (Å²) in [6, 6.07) is 4.59. The van der Waals surface area contributed by atoms with Gasteiger partial charge in [0.2, 0.25) is 0 Å². The number of rotatable bonds is 6. The molecular weight excluding hydrogens is 382 g/mol. The Balaban J connectivity index is 2.04. The first-order valence-corrected chi connectivity index (χ1v) is 8.70. The first kappa shape index (κ1) is 10.1. The zero-order chi connectivity index (χ0) is 30.9. The quantitative estimate of drug-likeness (QED) is 0.628. The molecule has 0 spiro atoms. The van der Waals surface area contributed by atoms with Gasteiger partial charge in [0, 0.05) is 46.9 Å². The van der Waals surface area contributed by atoms with E-state index in [4.69, 9.17) is 28.1 Å². The van der Waals surface area contributed by atoms with E-state index in [0.29, 0.717) is 12.1 Å². The van der Waals surface area contributed by atoms with Crippen molar-refractivity contribution >= 4 is 17.5 Å². The van der Waals surface area contributed by atoms with Crippen LogP contribution in [0.3, 0.4) is 0 Å². The summed E-state index contributed by atoms with van der Waals surface area (Å²) in [7, 11) is 0. The van der Waals surface area contributed by atoms with Gasteiger partial charge in [0.25, 0.3) is 5.91 Å². The van der Waals surface area contributed by atoms with E-state index >= 15 is 4.39 Å². The Morgan fingerprint density at radius 1 is 1.36 bits per heavy atom. The van der Waals surface area contributed by atoms with Crippen LogP contribution < -0.4 is 0 Å². The predicted molar refractivity (Wildman–Crippen MR) is 107 cm³/mol. The second-order valence-corrected chi connectivity index (χ2v) is 6.31. The van der Waals surface area contributed by atoms with Gasteiger partial charge < -0.3 is 4.90 Å². The summed E-state index contributed by atoms with van der Waals surface area (Å²) in [5, 5.41) is -0.603. The average molecular weight is 419 g/mol. The molecule has 1 amide bonds. The van der Waals surface area contributed by atoms with E-state index in [1.165, 1.54) is 13.0 Å². The number of pyridine rings is 1. The number of likely N-dealkylation sites (tertiary alicyclic amines) is 1. The third-order valence-electron chi connectivity index (χ3n) is 3.93. The van der Waals surface area contributed by atoms with E-state index < -0.39 is 84.2 Å². The predicted octanol–water partition coefficient (Wildman–Crippen LogP) is 5.40. The van der Waals surface area contributed by atoms with E-state index in [2.05, 4.69) is 4.98 Å². The molecule has 28 heavy (non-hydrogen) atoms. The van der Waals surface area contributed by atoms with Crippen molar-refractivity contribution < 1.29 is 30.0 Å². The summed E-state index contributed by atoms with van der Waals surface area (Å²) in [5.41, 5.74) is -4.85. The molecule has 3 nitrogen and oxygen atoms in total. The van der Waals surface area contributed by atoms with Crippen molar-refractivity contribution in [2.75, 3.05) is 13.0 Å². The molecule has 1 aromatic heterocycles. The van der Waals surface area contributed by atoms with E-state index in [0.717, 1.165) is 18.3 Å². The van der Waals surface area contributed by atoms with Gasteiger partial charge in [-0.25, -0.2) is 8.78 Å². The minimum Gasteiger partial charge on any atom is -0.338 e. The van der Waals surface area contributed by atoms with Crippen molar-refractivity contribution in [3.63, 3.8) is 0 Å². The Morgan fingerprint density at radius 3 is 2.71 bits per heavy atom. The molecule has 2 aromatic rings. The maximum absolute atomic E-state index is 16.7. The van der Waals surface area contributed by atoms with Crippen molar-refractivity contribution in [3.05, 3.63) is 64.2 Å². The Kier molecular flexibility index (Phi) is 3.26. The fourth-order valence-electron chi connectivity index (χ4n) is 2.34. The molecule has 150 valence electrons. The van der Waals surface area contributed by atoms with Crippen LogP contribution in [0.2, 0.25) is 5.02 Å². The average Bonchev–Trinajstić information content (AvgIpc) is 2.82. The molecule has 0 aliphatic carbocycles. The van der Waals surface area contributed by atoms with Crippen molar-refractivity contribution in [2.45, 2.75) is 50.9 Å². The summed E-state index contributed by atoms with van der Waals surface area (Å²) in [5.74, 6) is -2.59. The largest absolute Gasteiger partial charge is 0.338 e. The van der Waals surface area contributed by atoms with Crippen LogP contribution in [0.1, 0.15) is 70.6 Å². The molecule has 0 atom stereocenters. The number of piperidine rings is 1. The van der Waals surface area contributed by atoms with Crippen molar-refractivity contribution in [3.8, 4) is 0 Å². The van der Waals surface area contributed by atoms with Crippen molar-refractivity contribution in [1.29, 1.82) is 0 Å². The Morgan fingerprint density at radius 2 is 2.11 bits per heavy atom. The molecule has 6 heteroatoms. The molecule has 1 aromatic carbocycles. The van der Waals surface area contributed by atoms with Gasteiger partial charge in [0.1, 0.15) is 11.5 Å². The van der Waals surface area contributed by atoms with Gasteiger partial charge in [0.05, 0.1) is 5.02 Å². The summed E-state index contributed by atoms with van der Waals surface area (Å²) in [6.45, 7) is -6.43. The monoisotopic (exact) mass is 418 g/mol. The number of amides is 1. The second kappa shape index (κ2) is 8.99. The minimum absolute atomic E-state index is 0.113. The molecule has 0 bridgehead atoms. The highest BCUT2D eigenvalue weighted by atomic mass is 35.5. The zero-order valence-electron chi connectivity index (χ0n) is 26.8. The van der Waals surface area contributed by atoms with Crippen LogP contribution >= 0.6 is 11.6 Å². The number of alkyl halides is 1. The molecule has 3 rings (SSSR count). The number of aromatic nitrogens is 1. The van der Waals surface area contributed by atoms with Gasteiger partial charge >= 0.3 is 0 Å². The van der Waals surface area contributed by atoms with E-state index in [1.807, 2.05) is 0 Å². The maximum Gasteiger partial charge on any atom is 0.253 e. The molecule has 1 saturated heterocycles. The number of carbonyl (C=O) groups excluding carboxylic acids is 1. The number of halogens is 3. The first-order valence-electron chi connectivity index (χ1n) is 14.3. The van der Waals surface area contributed by atoms with Crippen LogP contribution in [0.15, 0.2) is 36.5 Å². The normalized spacial score (nSPS) is 30.8. The zero-order valence-corrected chi connectivity index (χ0v) is 15.6. The highest BCUT2D eigenvalue weighted by molar-refractivity contribution is 6.31. The topological polar surface area (TPSA) is 33.2 Å². The summed E-state index contributed by atoms with van der Waals surface area (Å²) < 4.78 is 129. The standard InChI is InChI=1S/C22H25ClF2N2O/c1-2-16-5-7-18(26-15-16)4-3-9-22(25)10-12-27(13-11-22)21(28)17-6-8-20(24)19(23)14-17/h5-8,14-15H,2-4,9-13H2,1H3/i2D2,4D2,10D2,11D2,12D2,13D2. The Labute approximate surface area is 186 Å². The van der Waals surface area contributed by atoms with Gasteiger partial charge in [0.15, 0.2) is 0 Å². The van der Waals surface area contributed by atoms with Gasteiger partial charge in [-0.05, 0) is 68.2 Å². The van der Waals surface area contributed by atoms with Crippen LogP contribution in [0, 0.1) is 5.82 Å². The van der Waals surface area contributed by atoms with Crippen LogP contribution in [0.4, 0.5) is 8.78 Å². The molecule has 0 saturated carbocycles. The molecule has 0 radical (unpaired) electrons. The van der Waals surface area contributed by atoms with Gasteiger partial charge in [-0.1, -0.05) is 24.6 Å². The summed E-state index contributed by atoms with van der Waals surface area (Å²) in [4.78, 5) is 16.6. The highest BCUT2D eigenvalue weighted by Gasteiger charge is 2.35. The Bertz CT molecular complexity index is 1270. The lowest BCUT2D eigenvalue weighted by atomic mass is 9.87. The number of hydrogen-bond acceptors (Lipinski definition) is 2. The van der Waals surface area contributed by atoms with E-state index in [1.54, 1.807) is 0 Å². The third kappa shape index (κ3) is 5.07. The fourth-order valence-corrected chi connectivity index (χ4v) is 2.52. The van der Waals surface area contributed by atoms with E-state index in [9.17, 15) is 9.18 Å². The minimum atomic E-state index is -4.03. The Hall–Kier alpha value is -2.01. The molecular formula is C22H25ClF2N2O. The number of carbonyl (C=O) groups is 1. The maximum atomic E-state index is 16.7. The number of hydrogen-bond donors (Lipinski definition) is 0. The van der Waals surface area contributed by atoms with Crippen LogP contribution in [-0.2, 0) is 12.7 Å². The molecule has 1 aliphatic heterocycles.